The number of aliphatic hydroxyl groups is 7. The van der Waals surface area contributed by atoms with Crippen molar-refractivity contribution >= 4 is 173 Å². The molecule has 0 aliphatic rings. The molecule has 0 aliphatic heterocycles. The van der Waals surface area contributed by atoms with Gasteiger partial charge in [-0.2, -0.15) is 0 Å². The van der Waals surface area contributed by atoms with E-state index in [0.717, 1.165) is 0 Å². The van der Waals surface area contributed by atoms with E-state index in [1.165, 1.54) is 6.92 Å². The van der Waals surface area contributed by atoms with Crippen LogP contribution in [-0.4, -0.2) is 302 Å². The van der Waals surface area contributed by atoms with Crippen molar-refractivity contribution in [3.8, 4) is 0 Å². The fourth-order valence-corrected chi connectivity index (χ4v) is 4.85. The summed E-state index contributed by atoms with van der Waals surface area (Å²) >= 11 is 0. The molecule has 0 saturated carbocycles. The molecule has 7 atom stereocenters. The fourth-order valence-electron chi connectivity index (χ4n) is 4.51. The maximum absolute atomic E-state index is 11.5. The van der Waals surface area contributed by atoms with Crippen molar-refractivity contribution in [1.29, 1.82) is 0 Å². The molecule has 0 aliphatic carbocycles. The average molecular weight is 1290 g/mol. The molecule has 85 heavy (non-hydrogen) atoms. The predicted octanol–water partition coefficient (Wildman–Crippen LogP) is -9.23. The SMILES string of the molecule is CC(O)C(=O)O.O=C(O)C(O)C(O)C(=O)OP(=O)(O)O.O=C(O)CC(O)(CC(=O)OC(=O)CCC(=O)OC(=O)CC(O)(CC(=O)O)C(=O)O)C(=O)O.O=C(O)CC(O)(CC(=O)OC(=O)CCC(=O)OC(=O)CC(O)(CC(=O)O)C(=O)O)C(=O)O.[KH]. The van der Waals surface area contributed by atoms with Gasteiger partial charge in [-0.25, -0.2) is 38.1 Å². The molecule has 0 rings (SSSR count). The zero-order chi connectivity index (χ0) is 67.2. The molecule has 0 amide bonds. The third-order valence-corrected chi connectivity index (χ3v) is 8.87. The van der Waals surface area contributed by atoms with E-state index in [1.54, 1.807) is 0 Å². The van der Waals surface area contributed by atoms with Crippen LogP contribution in [0.2, 0.25) is 0 Å². The molecular weight excluding hydrogens is 1240 g/mol. The molecule has 0 spiro atoms. The van der Waals surface area contributed by atoms with E-state index >= 15 is 0 Å². The van der Waals surface area contributed by atoms with Crippen LogP contribution in [0.15, 0.2) is 0 Å². The van der Waals surface area contributed by atoms with Crippen LogP contribution in [0.4, 0.5) is 0 Å². The van der Waals surface area contributed by atoms with Crippen LogP contribution in [0, 0.1) is 0 Å². The van der Waals surface area contributed by atoms with Gasteiger partial charge < -0.3 is 110 Å². The summed E-state index contributed by atoms with van der Waals surface area (Å²) in [5.74, 6) is -32.7. The van der Waals surface area contributed by atoms with E-state index in [1.807, 2.05) is 0 Å². The summed E-state index contributed by atoms with van der Waals surface area (Å²) in [6.45, 7) is 1.20. The van der Waals surface area contributed by atoms with Gasteiger partial charge in [0.25, 0.3) is 0 Å². The Morgan fingerprint density at radius 2 is 0.541 bits per heavy atom. The number of hydrogen-bond donors (Lipinski definition) is 19. The number of esters is 8. The van der Waals surface area contributed by atoms with Gasteiger partial charge in [-0.1, -0.05) is 0 Å². The van der Waals surface area contributed by atoms with Gasteiger partial charge in [-0.3, -0.25) is 67.3 Å². The second-order valence-electron chi connectivity index (χ2n) is 15.9. The van der Waals surface area contributed by atoms with Crippen LogP contribution in [-0.2, 0) is 119 Å². The summed E-state index contributed by atoms with van der Waals surface area (Å²) in [4.78, 5) is 224. The van der Waals surface area contributed by atoms with Crippen molar-refractivity contribution in [3.63, 3.8) is 0 Å². The van der Waals surface area contributed by atoms with Gasteiger partial charge in [0.2, 0.25) is 0 Å². The van der Waals surface area contributed by atoms with Gasteiger partial charge in [0.15, 0.2) is 34.6 Å². The molecule has 19 N–H and O–H groups in total. The Labute approximate surface area is 510 Å². The number of carboxylic acids is 10. The number of phosphoric ester groups is 1. The monoisotopic (exact) mass is 1290 g/mol. The second kappa shape index (κ2) is 39.0. The van der Waals surface area contributed by atoms with E-state index in [0.29, 0.717) is 0 Å². The molecule has 0 aromatic rings. The molecule has 0 aromatic carbocycles. The van der Waals surface area contributed by atoms with E-state index in [4.69, 9.17) is 76.2 Å². The number of aliphatic hydroxyl groups excluding tert-OH is 3. The first kappa shape index (κ1) is 86.0. The van der Waals surface area contributed by atoms with E-state index in [2.05, 4.69) is 23.5 Å². The van der Waals surface area contributed by atoms with E-state index < -0.39 is 239 Å². The maximum atomic E-state index is 11.5. The van der Waals surface area contributed by atoms with Gasteiger partial charge in [-0.15, -0.1) is 0 Å². The van der Waals surface area contributed by atoms with E-state index in [-0.39, 0.29) is 51.4 Å². The zero-order valence-electron chi connectivity index (χ0n) is 41.9. The summed E-state index contributed by atoms with van der Waals surface area (Å²) < 4.78 is 29.9. The number of ether oxygens (including phenoxy) is 4. The number of hydrogen-bond acceptors (Lipinski definition) is 32. The zero-order valence-corrected chi connectivity index (χ0v) is 42.8. The minimum absolute atomic E-state index is 0. The molecule has 0 bridgehead atoms. The molecule has 0 aromatic heterocycles. The van der Waals surface area contributed by atoms with Crippen molar-refractivity contribution in [3.05, 3.63) is 0 Å². The Hall–Kier alpha value is -7.76. The van der Waals surface area contributed by atoms with Crippen LogP contribution >= 0.6 is 7.82 Å². The number of phosphoric acid groups is 1. The van der Waals surface area contributed by atoms with Crippen molar-refractivity contribution in [2.24, 2.45) is 0 Å². The van der Waals surface area contributed by atoms with Gasteiger partial charge in [0, 0.05) is 0 Å². The van der Waals surface area contributed by atoms with Crippen molar-refractivity contribution in [1.82, 2.24) is 0 Å². The standard InChI is InChI=1S/2C16H18O16.C4H7O9P.C3H6O3.K.H/c2*17-7(18)3-15(29,13(25)26)5-11(23)31-9(21)1-2-10(22)32-12(24)6-16(30,14(27)28)4-8(19)20;5-1(3(7)8)2(6)4(9)13-14(10,11)12;1-2(4)3(5)6;;/h2*29-30H,1-6H2,(H,17,18)(H,19,20)(H,25,26)(H,27,28);1-2,5-6H,(H,7,8)(H2,10,11,12);2,4H,1H3,(H,5,6);;. The molecule has 476 valence electrons. The number of carboxylic acid groups (broad SMARTS) is 10. The molecular formula is C39H50KO44P. The van der Waals surface area contributed by atoms with Crippen LogP contribution in [0.25, 0.3) is 0 Å². The number of carbonyl (C=O) groups is 19. The second-order valence-corrected chi connectivity index (χ2v) is 17.0. The Kier molecular flexibility index (Phi) is 39.4. The van der Waals surface area contributed by atoms with Crippen LogP contribution < -0.4 is 0 Å². The van der Waals surface area contributed by atoms with E-state index in [9.17, 15) is 116 Å². The number of aliphatic carboxylic acids is 10. The summed E-state index contributed by atoms with van der Waals surface area (Å²) in [5, 5.41) is 149. The Balaban J connectivity index is -0.000000378. The van der Waals surface area contributed by atoms with Gasteiger partial charge >= 0.3 is 173 Å². The first-order valence-corrected chi connectivity index (χ1v) is 22.8. The van der Waals surface area contributed by atoms with Gasteiger partial charge in [0.1, 0.15) is 6.10 Å². The molecule has 46 heteroatoms. The molecule has 7 unspecified atom stereocenters. The quantitative estimate of drug-likeness (QED) is 0.0101. The first-order valence-electron chi connectivity index (χ1n) is 21.2. The van der Waals surface area contributed by atoms with Crippen LogP contribution in [0.5, 0.6) is 0 Å². The van der Waals surface area contributed by atoms with Crippen molar-refractivity contribution in [2.75, 3.05) is 0 Å². The molecule has 0 radical (unpaired) electrons. The summed E-state index contributed by atoms with van der Waals surface area (Å²) in [5.41, 5.74) is -12.3. The molecule has 0 heterocycles. The predicted molar refractivity (Wildman–Crippen MR) is 245 cm³/mol. The van der Waals surface area contributed by atoms with Crippen molar-refractivity contribution in [2.45, 2.75) is 125 Å². The molecule has 0 fully saturated rings. The molecule has 0 saturated heterocycles. The molecule has 44 nitrogen and oxygen atoms in total. The average Bonchev–Trinajstić information content (AvgIpc) is 3.32. The van der Waals surface area contributed by atoms with Crippen LogP contribution in [0.1, 0.15) is 84.0 Å². The van der Waals surface area contributed by atoms with Gasteiger partial charge in [-0.05, 0) is 6.92 Å². The Morgan fingerprint density at radius 1 is 0.353 bits per heavy atom. The van der Waals surface area contributed by atoms with Crippen molar-refractivity contribution < 1.29 is 216 Å². The third-order valence-electron chi connectivity index (χ3n) is 8.45. The third kappa shape index (κ3) is 39.4. The number of rotatable bonds is 31. The van der Waals surface area contributed by atoms with Gasteiger partial charge in [0.05, 0.1) is 77.0 Å². The fraction of sp³-hybridized carbons (Fsp3) is 0.513. The summed E-state index contributed by atoms with van der Waals surface area (Å²) in [6, 6.07) is 0. The van der Waals surface area contributed by atoms with Crippen LogP contribution in [0.3, 0.4) is 0 Å². The topological polar surface area (TPSA) is 772 Å². The normalized spacial score (nSPS) is 14.2. The summed E-state index contributed by atoms with van der Waals surface area (Å²) in [7, 11) is -5.16. The summed E-state index contributed by atoms with van der Waals surface area (Å²) in [6.07, 6.45) is -21.2. The Bertz CT molecular complexity index is 2330. The minimum atomic E-state index is -5.16. The first-order chi connectivity index (χ1) is 37.8. The Morgan fingerprint density at radius 3 is 0.671 bits per heavy atom. The number of carbonyl (C=O) groups excluding carboxylic acids is 9.